The molecule has 7 heteroatoms. The van der Waals surface area contributed by atoms with Gasteiger partial charge in [-0.15, -0.1) is 10.2 Å². The van der Waals surface area contributed by atoms with E-state index in [0.717, 1.165) is 35.9 Å². The molecule has 1 aliphatic rings. The molecule has 1 unspecified atom stereocenters. The zero-order valence-electron chi connectivity index (χ0n) is 13.2. The van der Waals surface area contributed by atoms with Crippen LogP contribution in [0.3, 0.4) is 0 Å². The smallest absolute Gasteiger partial charge is 0.410 e. The third-order valence-electron chi connectivity index (χ3n) is 3.26. The summed E-state index contributed by atoms with van der Waals surface area (Å²) in [6.45, 7) is 9.19. The van der Waals surface area contributed by atoms with E-state index >= 15 is 0 Å². The van der Waals surface area contributed by atoms with E-state index in [-0.39, 0.29) is 12.1 Å². The monoisotopic (exact) mass is 312 g/mol. The van der Waals surface area contributed by atoms with Crippen molar-refractivity contribution in [2.45, 2.75) is 58.6 Å². The third-order valence-corrected chi connectivity index (χ3v) is 4.29. The van der Waals surface area contributed by atoms with Gasteiger partial charge in [-0.2, -0.15) is 0 Å². The molecule has 0 aliphatic carbocycles. The lowest BCUT2D eigenvalue weighted by molar-refractivity contribution is 0.0235. The highest BCUT2D eigenvalue weighted by atomic mass is 32.1. The first-order valence-electron chi connectivity index (χ1n) is 7.45. The van der Waals surface area contributed by atoms with Crippen molar-refractivity contribution in [2.24, 2.45) is 0 Å². The molecule has 0 bridgehead atoms. The molecule has 1 aromatic heterocycles. The summed E-state index contributed by atoms with van der Waals surface area (Å²) < 4.78 is 5.46. The Morgan fingerprint density at radius 2 is 2.24 bits per heavy atom. The van der Waals surface area contributed by atoms with Gasteiger partial charge in [0.1, 0.15) is 10.6 Å². The SMILES string of the molecule is CCc1nnc(NCC2CCCN2C(=O)OC(C)(C)C)s1. The standard InChI is InChI=1S/C14H24N4O2S/c1-5-11-16-17-12(21-11)15-9-10-7-6-8-18(10)13(19)20-14(2,3)4/h10H,5-9H2,1-4H3,(H,15,17). The molecule has 21 heavy (non-hydrogen) atoms. The fraction of sp³-hybridized carbons (Fsp3) is 0.786. The van der Waals surface area contributed by atoms with Gasteiger partial charge in [0.15, 0.2) is 0 Å². The Kier molecular flexibility index (Phi) is 5.03. The van der Waals surface area contributed by atoms with Crippen LogP contribution in [-0.2, 0) is 11.2 Å². The van der Waals surface area contributed by atoms with Gasteiger partial charge in [0.25, 0.3) is 0 Å². The molecule has 1 aromatic rings. The summed E-state index contributed by atoms with van der Waals surface area (Å²) in [5.41, 5.74) is -0.451. The molecule has 1 N–H and O–H groups in total. The highest BCUT2D eigenvalue weighted by Crippen LogP contribution is 2.22. The average molecular weight is 312 g/mol. The maximum atomic E-state index is 12.2. The summed E-state index contributed by atoms with van der Waals surface area (Å²) in [4.78, 5) is 14.0. The fourth-order valence-corrected chi connectivity index (χ4v) is 2.97. The maximum absolute atomic E-state index is 12.2. The Hall–Kier alpha value is -1.37. The summed E-state index contributed by atoms with van der Waals surface area (Å²) in [6, 6.07) is 0.161. The Labute approximate surface area is 129 Å². The van der Waals surface area contributed by atoms with E-state index < -0.39 is 5.60 Å². The molecule has 0 spiro atoms. The molecule has 1 aliphatic heterocycles. The Balaban J connectivity index is 1.88. The third kappa shape index (κ3) is 4.56. The number of nitrogens with one attached hydrogen (secondary N) is 1. The second-order valence-electron chi connectivity index (χ2n) is 6.21. The summed E-state index contributed by atoms with van der Waals surface area (Å²) in [6.07, 6.45) is 2.68. The Morgan fingerprint density at radius 1 is 1.48 bits per heavy atom. The van der Waals surface area contributed by atoms with E-state index in [0.29, 0.717) is 6.54 Å². The van der Waals surface area contributed by atoms with E-state index in [4.69, 9.17) is 4.74 Å². The molecule has 1 atom stereocenters. The topological polar surface area (TPSA) is 67.4 Å². The summed E-state index contributed by atoms with van der Waals surface area (Å²) in [5.74, 6) is 0. The first kappa shape index (κ1) is 16.0. The number of carbonyl (C=O) groups excluding carboxylic acids is 1. The quantitative estimate of drug-likeness (QED) is 0.926. The van der Waals surface area contributed by atoms with Gasteiger partial charge in [-0.1, -0.05) is 18.3 Å². The van der Waals surface area contributed by atoms with Gasteiger partial charge in [0.2, 0.25) is 5.13 Å². The molecule has 2 heterocycles. The molecule has 1 saturated heterocycles. The van der Waals surface area contributed by atoms with E-state index in [1.54, 1.807) is 11.3 Å². The van der Waals surface area contributed by atoms with Crippen LogP contribution in [0.1, 0.15) is 45.5 Å². The van der Waals surface area contributed by atoms with Crippen LogP contribution >= 0.6 is 11.3 Å². The van der Waals surface area contributed by atoms with Gasteiger partial charge in [0.05, 0.1) is 6.04 Å². The molecule has 0 aromatic carbocycles. The predicted molar refractivity (Wildman–Crippen MR) is 83.7 cm³/mol. The van der Waals surface area contributed by atoms with Crippen LogP contribution in [0.5, 0.6) is 0 Å². The normalized spacial score (nSPS) is 18.9. The lowest BCUT2D eigenvalue weighted by atomic mass is 10.2. The average Bonchev–Trinajstić information content (AvgIpc) is 3.03. The fourth-order valence-electron chi connectivity index (χ4n) is 2.28. The van der Waals surface area contributed by atoms with E-state index in [2.05, 4.69) is 22.4 Å². The van der Waals surface area contributed by atoms with Gasteiger partial charge in [-0.25, -0.2) is 4.79 Å². The number of hydrogen-bond acceptors (Lipinski definition) is 6. The van der Waals surface area contributed by atoms with Crippen molar-refractivity contribution >= 4 is 22.6 Å². The van der Waals surface area contributed by atoms with Crippen molar-refractivity contribution < 1.29 is 9.53 Å². The van der Waals surface area contributed by atoms with Crippen LogP contribution in [-0.4, -0.2) is 45.9 Å². The lowest BCUT2D eigenvalue weighted by Gasteiger charge is -2.28. The number of carbonyl (C=O) groups is 1. The van der Waals surface area contributed by atoms with Crippen molar-refractivity contribution in [2.75, 3.05) is 18.4 Å². The highest BCUT2D eigenvalue weighted by Gasteiger charge is 2.32. The minimum Gasteiger partial charge on any atom is -0.444 e. The Bertz CT molecular complexity index is 484. The first-order chi connectivity index (χ1) is 9.89. The number of amides is 1. The highest BCUT2D eigenvalue weighted by molar-refractivity contribution is 7.15. The summed E-state index contributed by atoms with van der Waals surface area (Å²) in [7, 11) is 0. The van der Waals surface area contributed by atoms with Crippen LogP contribution in [0.25, 0.3) is 0 Å². The molecule has 6 nitrogen and oxygen atoms in total. The van der Waals surface area contributed by atoms with Crippen LogP contribution < -0.4 is 5.32 Å². The molecular formula is C14H24N4O2S. The van der Waals surface area contributed by atoms with E-state index in [1.807, 2.05) is 25.7 Å². The molecule has 118 valence electrons. The van der Waals surface area contributed by atoms with Gasteiger partial charge in [0, 0.05) is 13.1 Å². The van der Waals surface area contributed by atoms with Crippen molar-refractivity contribution in [1.82, 2.24) is 15.1 Å². The number of nitrogens with zero attached hydrogens (tertiary/aromatic N) is 3. The van der Waals surface area contributed by atoms with Crippen LogP contribution in [0.4, 0.5) is 9.93 Å². The molecule has 0 radical (unpaired) electrons. The molecule has 1 amide bonds. The van der Waals surface area contributed by atoms with Crippen molar-refractivity contribution in [3.05, 3.63) is 5.01 Å². The Morgan fingerprint density at radius 3 is 2.86 bits per heavy atom. The van der Waals surface area contributed by atoms with Crippen LogP contribution in [0.2, 0.25) is 0 Å². The van der Waals surface area contributed by atoms with Gasteiger partial charge in [-0.3, -0.25) is 0 Å². The molecule has 2 rings (SSSR count). The number of rotatable bonds is 4. The minimum atomic E-state index is -0.451. The summed E-state index contributed by atoms with van der Waals surface area (Å²) in [5, 5.41) is 13.3. The zero-order chi connectivity index (χ0) is 15.5. The number of aryl methyl sites for hydroxylation is 1. The number of likely N-dealkylation sites (tertiary alicyclic amines) is 1. The predicted octanol–water partition coefficient (Wildman–Crippen LogP) is 2.91. The second-order valence-corrected chi connectivity index (χ2v) is 7.27. The molecule has 0 saturated carbocycles. The van der Waals surface area contributed by atoms with Crippen molar-refractivity contribution in [3.8, 4) is 0 Å². The zero-order valence-corrected chi connectivity index (χ0v) is 14.0. The number of hydrogen-bond donors (Lipinski definition) is 1. The minimum absolute atomic E-state index is 0.161. The van der Waals surface area contributed by atoms with Gasteiger partial charge < -0.3 is 15.0 Å². The van der Waals surface area contributed by atoms with E-state index in [9.17, 15) is 4.79 Å². The molecular weight excluding hydrogens is 288 g/mol. The number of aromatic nitrogens is 2. The van der Waals surface area contributed by atoms with E-state index in [1.165, 1.54) is 0 Å². The lowest BCUT2D eigenvalue weighted by Crippen LogP contribution is -2.42. The van der Waals surface area contributed by atoms with Crippen molar-refractivity contribution in [3.63, 3.8) is 0 Å². The van der Waals surface area contributed by atoms with Crippen molar-refractivity contribution in [1.29, 1.82) is 0 Å². The first-order valence-corrected chi connectivity index (χ1v) is 8.26. The summed E-state index contributed by atoms with van der Waals surface area (Å²) >= 11 is 1.57. The maximum Gasteiger partial charge on any atom is 0.410 e. The largest absolute Gasteiger partial charge is 0.444 e. The molecule has 1 fully saturated rings. The van der Waals surface area contributed by atoms with Crippen LogP contribution in [0.15, 0.2) is 0 Å². The van der Waals surface area contributed by atoms with Gasteiger partial charge in [-0.05, 0) is 40.0 Å². The number of anilines is 1. The number of ether oxygens (including phenoxy) is 1. The van der Waals surface area contributed by atoms with Crippen LogP contribution in [0, 0.1) is 0 Å². The second kappa shape index (κ2) is 6.60. The van der Waals surface area contributed by atoms with Gasteiger partial charge >= 0.3 is 6.09 Å².